The number of hydrogen-bond donors (Lipinski definition) is 0. The van der Waals surface area contributed by atoms with Crippen LogP contribution in [0.2, 0.25) is 0 Å². The summed E-state index contributed by atoms with van der Waals surface area (Å²) in [5.74, 6) is 0. The quantitative estimate of drug-likeness (QED) is 0.553. The zero-order valence-electron chi connectivity index (χ0n) is 5.88. The normalized spacial score (nSPS) is 8.00. The second-order valence-electron chi connectivity index (χ2n) is 1.98. The van der Waals surface area contributed by atoms with Crippen molar-refractivity contribution in [1.82, 2.24) is 0 Å². The second kappa shape index (κ2) is 4.77. The highest BCUT2D eigenvalue weighted by Gasteiger charge is 1.82. The molecule has 0 unspecified atom stereocenters. The van der Waals surface area contributed by atoms with Crippen molar-refractivity contribution in [1.29, 1.82) is 0 Å². The van der Waals surface area contributed by atoms with Crippen LogP contribution >= 0.6 is 0 Å². The largest absolute Gasteiger partial charge is 0.412 e. The van der Waals surface area contributed by atoms with E-state index in [1.807, 2.05) is 24.3 Å². The first-order valence-electron chi connectivity index (χ1n) is 3.08. The van der Waals surface area contributed by atoms with Gasteiger partial charge >= 0.3 is 0 Å². The third kappa shape index (κ3) is 2.46. The van der Waals surface area contributed by atoms with Crippen molar-refractivity contribution in [3.63, 3.8) is 0 Å². The average molecular weight is 136 g/mol. The van der Waals surface area contributed by atoms with Crippen molar-refractivity contribution >= 4 is 0 Å². The summed E-state index contributed by atoms with van der Waals surface area (Å²) >= 11 is 0. The predicted molar refractivity (Wildman–Crippen MR) is 44.0 cm³/mol. The number of benzene rings is 1. The van der Waals surface area contributed by atoms with E-state index < -0.39 is 0 Å². The molecule has 54 valence electrons. The van der Waals surface area contributed by atoms with Crippen LogP contribution in [0.15, 0.2) is 43.0 Å². The highest BCUT2D eigenvalue weighted by Crippen LogP contribution is 1.98. The smallest absolute Gasteiger partial charge is 0.0100 e. The van der Waals surface area contributed by atoms with Gasteiger partial charge in [0, 0.05) is 0 Å². The molecule has 0 spiro atoms. The topological polar surface area (TPSA) is 31.5 Å². The van der Waals surface area contributed by atoms with Crippen molar-refractivity contribution in [3.05, 3.63) is 48.6 Å². The fraction of sp³-hybridized carbons (Fsp3) is 0.111. The molecule has 0 aliphatic rings. The summed E-state index contributed by atoms with van der Waals surface area (Å²) in [4.78, 5) is 0. The van der Waals surface area contributed by atoms with Gasteiger partial charge in [-0.2, -0.15) is 0 Å². The van der Waals surface area contributed by atoms with Gasteiger partial charge in [-0.05, 0) is 12.0 Å². The summed E-state index contributed by atoms with van der Waals surface area (Å²) in [6, 6.07) is 10.3. The molecule has 0 aromatic heterocycles. The van der Waals surface area contributed by atoms with Crippen molar-refractivity contribution in [3.8, 4) is 0 Å². The Bertz CT molecular complexity index is 179. The van der Waals surface area contributed by atoms with E-state index in [4.69, 9.17) is 0 Å². The highest BCUT2D eigenvalue weighted by molar-refractivity contribution is 5.16. The molecule has 0 fully saturated rings. The molecule has 0 aliphatic heterocycles. The molecule has 1 aromatic rings. The first-order chi connectivity index (χ1) is 4.43. The molecule has 2 N–H and O–H groups in total. The predicted octanol–water partition coefficient (Wildman–Crippen LogP) is 1.59. The third-order valence-corrected chi connectivity index (χ3v) is 1.22. The van der Waals surface area contributed by atoms with E-state index in [9.17, 15) is 0 Å². The van der Waals surface area contributed by atoms with Crippen LogP contribution in [0.5, 0.6) is 0 Å². The Morgan fingerprint density at radius 3 is 2.30 bits per heavy atom. The van der Waals surface area contributed by atoms with E-state index in [1.165, 1.54) is 5.56 Å². The summed E-state index contributed by atoms with van der Waals surface area (Å²) in [5.41, 5.74) is 1.33. The first-order valence-corrected chi connectivity index (χ1v) is 3.08. The Kier molecular flexibility index (Phi) is 4.25. The van der Waals surface area contributed by atoms with E-state index in [-0.39, 0.29) is 5.48 Å². The van der Waals surface area contributed by atoms with Gasteiger partial charge in [-0.25, -0.2) is 0 Å². The lowest BCUT2D eigenvalue weighted by molar-refractivity contribution is 0.824. The molecule has 0 aliphatic carbocycles. The fourth-order valence-corrected chi connectivity index (χ4v) is 0.781. The molecule has 1 aromatic carbocycles. The van der Waals surface area contributed by atoms with Crippen molar-refractivity contribution in [2.45, 2.75) is 6.42 Å². The average Bonchev–Trinajstić information content (AvgIpc) is 1.91. The van der Waals surface area contributed by atoms with E-state index in [1.54, 1.807) is 0 Å². The third-order valence-electron chi connectivity index (χ3n) is 1.22. The summed E-state index contributed by atoms with van der Waals surface area (Å²) in [6.45, 7) is 3.66. The standard InChI is InChI=1S/C9H10.H2O/c1-2-6-9-7-4-3-5-8-9;/h2-5,7-8H,1,6H2;1H2. The van der Waals surface area contributed by atoms with Crippen molar-refractivity contribution in [2.75, 3.05) is 0 Å². The van der Waals surface area contributed by atoms with Crippen LogP contribution < -0.4 is 0 Å². The molecule has 0 heterocycles. The minimum Gasteiger partial charge on any atom is -0.412 e. The molecule has 0 radical (unpaired) electrons. The van der Waals surface area contributed by atoms with Gasteiger partial charge in [-0.3, -0.25) is 0 Å². The van der Waals surface area contributed by atoms with E-state index in [0.29, 0.717) is 0 Å². The minimum absolute atomic E-state index is 0. The Morgan fingerprint density at radius 2 is 1.80 bits per heavy atom. The number of allylic oxidation sites excluding steroid dienone is 1. The van der Waals surface area contributed by atoms with Crippen LogP contribution in [0.1, 0.15) is 5.56 Å². The maximum absolute atomic E-state index is 3.66. The second-order valence-corrected chi connectivity index (χ2v) is 1.98. The highest BCUT2D eigenvalue weighted by atomic mass is 16.0. The van der Waals surface area contributed by atoms with Gasteiger partial charge in [-0.15, -0.1) is 6.58 Å². The minimum atomic E-state index is 0. The van der Waals surface area contributed by atoms with Crippen LogP contribution in [0.25, 0.3) is 0 Å². The van der Waals surface area contributed by atoms with E-state index in [2.05, 4.69) is 18.7 Å². The van der Waals surface area contributed by atoms with Gasteiger partial charge in [-0.1, -0.05) is 36.4 Å². The maximum atomic E-state index is 3.66. The molecule has 0 atom stereocenters. The Morgan fingerprint density at radius 1 is 1.20 bits per heavy atom. The summed E-state index contributed by atoms with van der Waals surface area (Å²) in [6.07, 6.45) is 2.89. The van der Waals surface area contributed by atoms with Crippen LogP contribution in [0, 0.1) is 0 Å². The van der Waals surface area contributed by atoms with Gasteiger partial charge in [0.1, 0.15) is 0 Å². The summed E-state index contributed by atoms with van der Waals surface area (Å²) in [7, 11) is 0. The summed E-state index contributed by atoms with van der Waals surface area (Å²) < 4.78 is 0. The van der Waals surface area contributed by atoms with Gasteiger partial charge in [0.05, 0.1) is 0 Å². The number of rotatable bonds is 2. The lowest BCUT2D eigenvalue weighted by Gasteiger charge is -1.91. The summed E-state index contributed by atoms with van der Waals surface area (Å²) in [5, 5.41) is 0. The Hall–Kier alpha value is -1.08. The van der Waals surface area contributed by atoms with Crippen LogP contribution in [0.4, 0.5) is 0 Å². The molecular weight excluding hydrogens is 124 g/mol. The zero-order chi connectivity index (χ0) is 6.53. The monoisotopic (exact) mass is 136 g/mol. The molecule has 0 saturated carbocycles. The zero-order valence-corrected chi connectivity index (χ0v) is 5.88. The molecule has 0 bridgehead atoms. The van der Waals surface area contributed by atoms with Crippen LogP contribution in [0.3, 0.4) is 0 Å². The molecule has 1 heteroatoms. The molecule has 1 rings (SSSR count). The van der Waals surface area contributed by atoms with E-state index >= 15 is 0 Å². The van der Waals surface area contributed by atoms with E-state index in [0.717, 1.165) is 6.42 Å². The van der Waals surface area contributed by atoms with Gasteiger partial charge in [0.25, 0.3) is 0 Å². The molecule has 0 saturated heterocycles. The Balaban J connectivity index is 0.000000810. The van der Waals surface area contributed by atoms with Gasteiger partial charge in [0.2, 0.25) is 0 Å². The molecule has 1 nitrogen and oxygen atoms in total. The van der Waals surface area contributed by atoms with Crippen LogP contribution in [-0.4, -0.2) is 5.48 Å². The molecule has 10 heavy (non-hydrogen) atoms. The van der Waals surface area contributed by atoms with Crippen molar-refractivity contribution in [2.24, 2.45) is 0 Å². The number of hydrogen-bond acceptors (Lipinski definition) is 0. The van der Waals surface area contributed by atoms with Gasteiger partial charge in [0.15, 0.2) is 0 Å². The molecular formula is C9H12O. The lowest BCUT2D eigenvalue weighted by Crippen LogP contribution is -1.75. The van der Waals surface area contributed by atoms with Crippen molar-refractivity contribution < 1.29 is 5.48 Å². The maximum Gasteiger partial charge on any atom is -0.0100 e. The first kappa shape index (κ1) is 8.92. The van der Waals surface area contributed by atoms with Crippen LogP contribution in [-0.2, 0) is 6.42 Å². The molecule has 0 amide bonds. The Labute approximate surface area is 61.3 Å². The fourth-order valence-electron chi connectivity index (χ4n) is 0.781. The SMILES string of the molecule is C=CCc1ccccc1.O. The lowest BCUT2D eigenvalue weighted by atomic mass is 10.2. The van der Waals surface area contributed by atoms with Gasteiger partial charge < -0.3 is 5.48 Å².